The van der Waals surface area contributed by atoms with Gasteiger partial charge in [-0.05, 0) is 60.7 Å². The van der Waals surface area contributed by atoms with Crippen LogP contribution in [0.3, 0.4) is 0 Å². The minimum atomic E-state index is 1.15. The van der Waals surface area contributed by atoms with Gasteiger partial charge in [0.1, 0.15) is 0 Å². The lowest BCUT2D eigenvalue weighted by Gasteiger charge is -2.14. The van der Waals surface area contributed by atoms with E-state index in [0.29, 0.717) is 0 Å². The molecule has 7 aromatic carbocycles. The maximum atomic E-state index is 2.47. The van der Waals surface area contributed by atoms with Gasteiger partial charge in [0.15, 0.2) is 0 Å². The summed E-state index contributed by atoms with van der Waals surface area (Å²) >= 11 is 0. The molecule has 0 saturated carbocycles. The summed E-state index contributed by atoms with van der Waals surface area (Å²) in [6.07, 6.45) is 0. The van der Waals surface area contributed by atoms with E-state index in [1.54, 1.807) is 0 Å². The number of hydrogen-bond donors (Lipinski definition) is 0. The highest BCUT2D eigenvalue weighted by Gasteiger charge is 2.23. The zero-order chi connectivity index (χ0) is 29.5. The molecule has 3 heterocycles. The van der Waals surface area contributed by atoms with E-state index in [0.717, 1.165) is 5.69 Å². The number of benzene rings is 7. The number of rotatable bonds is 3. The molecular weight excluding hydrogens is 546 g/mol. The van der Waals surface area contributed by atoms with Crippen LogP contribution in [0.25, 0.3) is 82.5 Å². The fourth-order valence-corrected chi connectivity index (χ4v) is 7.66. The molecule has 0 radical (unpaired) electrons. The highest BCUT2D eigenvalue weighted by atomic mass is 15.1. The van der Waals surface area contributed by atoms with Crippen molar-refractivity contribution in [3.8, 4) is 17.1 Å². The zero-order valence-electron chi connectivity index (χ0n) is 24.4. The summed E-state index contributed by atoms with van der Waals surface area (Å²) in [6.45, 7) is 0. The van der Waals surface area contributed by atoms with Gasteiger partial charge in [-0.3, -0.25) is 0 Å². The first-order valence-corrected chi connectivity index (χ1v) is 15.5. The molecule has 3 heteroatoms. The Bertz CT molecular complexity index is 2690. The third-order valence-corrected chi connectivity index (χ3v) is 9.41. The molecule has 0 saturated heterocycles. The molecule has 0 N–H and O–H groups in total. The van der Waals surface area contributed by atoms with E-state index >= 15 is 0 Å². The maximum absolute atomic E-state index is 2.47. The lowest BCUT2D eigenvalue weighted by molar-refractivity contribution is 1.13. The van der Waals surface area contributed by atoms with E-state index in [4.69, 9.17) is 0 Å². The Labute approximate surface area is 259 Å². The molecule has 10 rings (SSSR count). The second-order valence-corrected chi connectivity index (χ2v) is 11.8. The lowest BCUT2D eigenvalue weighted by Crippen LogP contribution is -2.00. The third-order valence-electron chi connectivity index (χ3n) is 9.41. The van der Waals surface area contributed by atoms with E-state index in [-0.39, 0.29) is 0 Å². The maximum Gasteiger partial charge on any atom is 0.0782 e. The topological polar surface area (TPSA) is 14.8 Å². The van der Waals surface area contributed by atoms with Crippen LogP contribution in [-0.2, 0) is 0 Å². The van der Waals surface area contributed by atoms with Crippen molar-refractivity contribution in [3.63, 3.8) is 0 Å². The molecule has 3 nitrogen and oxygen atoms in total. The van der Waals surface area contributed by atoms with Gasteiger partial charge in [0.2, 0.25) is 0 Å². The monoisotopic (exact) mass is 573 g/mol. The Morgan fingerprint density at radius 2 is 0.711 bits per heavy atom. The van der Waals surface area contributed by atoms with Gasteiger partial charge in [0.25, 0.3) is 0 Å². The molecule has 0 aliphatic rings. The largest absolute Gasteiger partial charge is 0.309 e. The minimum absolute atomic E-state index is 1.15. The summed E-state index contributed by atoms with van der Waals surface area (Å²) < 4.78 is 7.33. The van der Waals surface area contributed by atoms with Crippen LogP contribution in [0.15, 0.2) is 164 Å². The zero-order valence-corrected chi connectivity index (χ0v) is 24.4. The summed E-state index contributed by atoms with van der Waals surface area (Å²) in [4.78, 5) is 0. The molecule has 0 unspecified atom stereocenters. The number of fused-ring (bicyclic) bond motifs is 10. The van der Waals surface area contributed by atoms with Crippen molar-refractivity contribution >= 4 is 65.4 Å². The van der Waals surface area contributed by atoms with Crippen LogP contribution in [0.1, 0.15) is 0 Å². The van der Waals surface area contributed by atoms with Gasteiger partial charge in [-0.25, -0.2) is 0 Å². The fourth-order valence-electron chi connectivity index (χ4n) is 7.66. The van der Waals surface area contributed by atoms with Gasteiger partial charge in [0, 0.05) is 43.7 Å². The minimum Gasteiger partial charge on any atom is -0.309 e. The Balaban J connectivity index is 1.45. The van der Waals surface area contributed by atoms with Crippen molar-refractivity contribution in [3.05, 3.63) is 164 Å². The molecule has 0 aliphatic heterocycles. The van der Waals surface area contributed by atoms with Crippen LogP contribution in [0.2, 0.25) is 0 Å². The van der Waals surface area contributed by atoms with Crippen LogP contribution in [0.5, 0.6) is 0 Å². The van der Waals surface area contributed by atoms with Gasteiger partial charge < -0.3 is 13.7 Å². The Kier molecular flexibility index (Phi) is 5.00. The standard InChI is InChI=1S/C42H27N3/c1-3-14-28(15-4-1)43-36-24-12-9-20-32(36)40-37(43)26-27-38-41(40)33-21-13-25-39(42(33)44(38)29-16-5-2-6-17-29)45-34-22-10-7-18-30(34)31-19-8-11-23-35(31)45/h1-27H. The molecule has 10 aromatic rings. The van der Waals surface area contributed by atoms with Crippen molar-refractivity contribution in [2.45, 2.75) is 0 Å². The predicted molar refractivity (Wildman–Crippen MR) is 189 cm³/mol. The van der Waals surface area contributed by atoms with Crippen molar-refractivity contribution in [1.29, 1.82) is 0 Å². The summed E-state index contributed by atoms with van der Waals surface area (Å²) in [7, 11) is 0. The smallest absolute Gasteiger partial charge is 0.0782 e. The van der Waals surface area contributed by atoms with Gasteiger partial charge in [-0.1, -0.05) is 103 Å². The van der Waals surface area contributed by atoms with Crippen LogP contribution < -0.4 is 0 Å². The van der Waals surface area contributed by atoms with E-state index in [1.807, 2.05) is 0 Å². The van der Waals surface area contributed by atoms with E-state index in [9.17, 15) is 0 Å². The van der Waals surface area contributed by atoms with Gasteiger partial charge in [-0.15, -0.1) is 0 Å². The molecule has 45 heavy (non-hydrogen) atoms. The molecule has 0 spiro atoms. The molecule has 0 atom stereocenters. The second kappa shape index (κ2) is 9.22. The summed E-state index contributed by atoms with van der Waals surface area (Å²) in [5, 5.41) is 7.60. The number of nitrogens with zero attached hydrogens (tertiary/aromatic N) is 3. The molecule has 3 aromatic heterocycles. The van der Waals surface area contributed by atoms with Gasteiger partial charge in [-0.2, -0.15) is 0 Å². The average molecular weight is 574 g/mol. The first kappa shape index (κ1) is 24.4. The summed E-state index contributed by atoms with van der Waals surface area (Å²) in [5.74, 6) is 0. The lowest BCUT2D eigenvalue weighted by atomic mass is 10.0. The fraction of sp³-hybridized carbons (Fsp3) is 0. The van der Waals surface area contributed by atoms with Crippen molar-refractivity contribution in [2.24, 2.45) is 0 Å². The molecule has 210 valence electrons. The van der Waals surface area contributed by atoms with Crippen molar-refractivity contribution < 1.29 is 0 Å². The van der Waals surface area contributed by atoms with E-state index in [1.165, 1.54) is 76.8 Å². The van der Waals surface area contributed by atoms with Crippen LogP contribution in [0, 0.1) is 0 Å². The number of hydrogen-bond acceptors (Lipinski definition) is 0. The van der Waals surface area contributed by atoms with Crippen LogP contribution in [0.4, 0.5) is 0 Å². The molecule has 0 amide bonds. The van der Waals surface area contributed by atoms with Crippen molar-refractivity contribution in [1.82, 2.24) is 13.7 Å². The molecular formula is C42H27N3. The number of aromatic nitrogens is 3. The normalized spacial score (nSPS) is 12.0. The van der Waals surface area contributed by atoms with Gasteiger partial charge in [0.05, 0.1) is 38.8 Å². The SMILES string of the molecule is c1ccc(-n2c3ccccc3c3c4c5cccc(-n6c7ccccc7c7ccccc76)c5n(-c5ccccc5)c4ccc32)cc1. The second-order valence-electron chi connectivity index (χ2n) is 11.8. The first-order chi connectivity index (χ1) is 22.4. The van der Waals surface area contributed by atoms with Crippen LogP contribution >= 0.6 is 0 Å². The summed E-state index contributed by atoms with van der Waals surface area (Å²) in [5.41, 5.74) is 10.7. The molecule has 0 bridgehead atoms. The highest BCUT2D eigenvalue weighted by Crippen LogP contribution is 2.44. The highest BCUT2D eigenvalue weighted by molar-refractivity contribution is 6.29. The quantitative estimate of drug-likeness (QED) is 0.200. The number of para-hydroxylation sites is 6. The predicted octanol–water partition coefficient (Wildman–Crippen LogP) is 11.0. The van der Waals surface area contributed by atoms with E-state index < -0.39 is 0 Å². The summed E-state index contributed by atoms with van der Waals surface area (Å²) in [6, 6.07) is 59.3. The van der Waals surface area contributed by atoms with E-state index in [2.05, 4.69) is 177 Å². The Morgan fingerprint density at radius 3 is 1.33 bits per heavy atom. The van der Waals surface area contributed by atoms with Crippen LogP contribution in [-0.4, -0.2) is 13.7 Å². The van der Waals surface area contributed by atoms with Gasteiger partial charge >= 0.3 is 0 Å². The Hall–Kier alpha value is -6.06. The molecule has 0 fully saturated rings. The average Bonchev–Trinajstić information content (AvgIpc) is 3.75. The third kappa shape index (κ3) is 3.30. The Morgan fingerprint density at radius 1 is 0.267 bits per heavy atom. The van der Waals surface area contributed by atoms with Crippen molar-refractivity contribution in [2.75, 3.05) is 0 Å². The molecule has 0 aliphatic carbocycles. The first-order valence-electron chi connectivity index (χ1n) is 15.5.